The lowest BCUT2D eigenvalue weighted by atomic mass is 9.97. The quantitative estimate of drug-likeness (QED) is 0.0668. The Morgan fingerprint density at radius 2 is 1.83 bits per heavy atom. The Morgan fingerprint density at radius 3 is 2.54 bits per heavy atom. The number of carbonyl (C=O) groups excluding carboxylic acids is 1. The maximum atomic E-state index is 13.2. The summed E-state index contributed by atoms with van der Waals surface area (Å²) in [5, 5.41) is 10.6. The van der Waals surface area contributed by atoms with E-state index in [9.17, 15) is 4.79 Å². The molecule has 6 rings (SSSR count). The summed E-state index contributed by atoms with van der Waals surface area (Å²) in [5.41, 5.74) is 3.94. The van der Waals surface area contributed by atoms with E-state index in [0.29, 0.717) is 43.8 Å². The van der Waals surface area contributed by atoms with E-state index in [0.717, 1.165) is 77.4 Å². The van der Waals surface area contributed by atoms with Gasteiger partial charge in [0.05, 0.1) is 16.8 Å². The highest BCUT2D eigenvalue weighted by atomic mass is 32.1. The minimum Gasteiger partial charge on any atom is -0.461 e. The van der Waals surface area contributed by atoms with Crippen LogP contribution in [0, 0.1) is 0 Å². The number of rotatable bonds is 15. The van der Waals surface area contributed by atoms with E-state index in [1.807, 2.05) is 6.92 Å². The number of thiazole rings is 2. The van der Waals surface area contributed by atoms with E-state index in [2.05, 4.69) is 87.2 Å². The number of aryl methyl sites for hydroxylation is 1. The van der Waals surface area contributed by atoms with Gasteiger partial charge in [-0.05, 0) is 87.7 Å². The first-order valence-electron chi connectivity index (χ1n) is 18.9. The molecule has 1 aliphatic heterocycles. The lowest BCUT2D eigenvalue weighted by Gasteiger charge is -2.36. The number of hydrogen-bond donors (Lipinski definition) is 0. The van der Waals surface area contributed by atoms with Crippen molar-refractivity contribution in [1.82, 2.24) is 19.7 Å². The van der Waals surface area contributed by atoms with Crippen molar-refractivity contribution in [2.24, 2.45) is 4.99 Å². The molecule has 0 atom stereocenters. The van der Waals surface area contributed by atoms with Crippen molar-refractivity contribution in [1.29, 1.82) is 0 Å². The minimum atomic E-state index is -1.86. The lowest BCUT2D eigenvalue weighted by molar-refractivity contribution is 0.0519. The molecule has 0 radical (unpaired) electrons. The first kappa shape index (κ1) is 39.0. The van der Waals surface area contributed by atoms with Crippen LogP contribution in [0.1, 0.15) is 85.8 Å². The number of anilines is 2. The Morgan fingerprint density at radius 1 is 1.06 bits per heavy atom. The molecule has 1 aromatic carbocycles. The highest BCUT2D eigenvalue weighted by Crippen LogP contribution is 2.49. The first-order valence-corrected chi connectivity index (χ1v) is 27.1. The molecule has 3 aromatic heterocycles. The first-order chi connectivity index (χ1) is 24.7. The Kier molecular flexibility index (Phi) is 11.9. The van der Waals surface area contributed by atoms with Gasteiger partial charge in [0, 0.05) is 43.8 Å². The Hall–Kier alpha value is -2.76. The van der Waals surface area contributed by atoms with Crippen LogP contribution >= 0.6 is 22.7 Å². The average molecular weight is 781 g/mol. The Balaban J connectivity index is 1.31. The van der Waals surface area contributed by atoms with E-state index in [4.69, 9.17) is 34.1 Å². The molecule has 52 heavy (non-hydrogen) atoms. The van der Waals surface area contributed by atoms with Crippen molar-refractivity contribution in [3.63, 3.8) is 0 Å². The largest absolute Gasteiger partial charge is 0.461 e. The van der Waals surface area contributed by atoms with Gasteiger partial charge in [0.1, 0.15) is 6.73 Å². The number of carbonyl (C=O) groups is 1. The fourth-order valence-corrected chi connectivity index (χ4v) is 10.1. The zero-order valence-corrected chi connectivity index (χ0v) is 36.1. The van der Waals surface area contributed by atoms with Gasteiger partial charge in [0.25, 0.3) is 0 Å². The topological polar surface area (TPSA) is 104 Å². The SMILES string of the molecule is CCOC(=O)c1nc(N2CCCc3c2nnc(/N=c2\sc4ccccc4n2COCC[Si](C)(C)C)c3C2CC2)sc1CCCO[Si](C)(C)C(C)(C)C. The Bertz CT molecular complexity index is 1950. The highest BCUT2D eigenvalue weighted by molar-refractivity contribution is 7.16. The molecule has 0 saturated heterocycles. The number of esters is 1. The zero-order valence-electron chi connectivity index (χ0n) is 32.5. The molecular formula is C38H56N6O4S2Si2. The second-order valence-electron chi connectivity index (χ2n) is 16.7. The van der Waals surface area contributed by atoms with Gasteiger partial charge in [0.2, 0.25) is 0 Å². The van der Waals surface area contributed by atoms with Crippen LogP contribution in [-0.4, -0.2) is 68.5 Å². The molecule has 0 N–H and O–H groups in total. The molecule has 1 saturated carbocycles. The number of nitrogens with zero attached hydrogens (tertiary/aromatic N) is 6. The third-order valence-electron chi connectivity index (χ3n) is 10.3. The van der Waals surface area contributed by atoms with E-state index >= 15 is 0 Å². The number of aromatic nitrogens is 4. The van der Waals surface area contributed by atoms with Gasteiger partial charge in [-0.15, -0.1) is 21.5 Å². The summed E-state index contributed by atoms with van der Waals surface area (Å²) in [6, 6.07) is 9.54. The third kappa shape index (κ3) is 8.95. The fraction of sp³-hybridized carbons (Fsp3) is 0.605. The predicted octanol–water partition coefficient (Wildman–Crippen LogP) is 9.59. The van der Waals surface area contributed by atoms with Crippen LogP contribution in [0.25, 0.3) is 10.2 Å². The monoisotopic (exact) mass is 780 g/mol. The van der Waals surface area contributed by atoms with Gasteiger partial charge >= 0.3 is 5.97 Å². The Labute approximate surface area is 318 Å². The molecule has 1 aliphatic carbocycles. The van der Waals surface area contributed by atoms with Crippen molar-refractivity contribution in [2.45, 2.75) is 123 Å². The number of para-hydroxylation sites is 1. The molecular weight excluding hydrogens is 725 g/mol. The molecule has 282 valence electrons. The molecule has 2 aliphatic rings. The molecule has 0 spiro atoms. The molecule has 4 aromatic rings. The highest BCUT2D eigenvalue weighted by Gasteiger charge is 2.38. The maximum absolute atomic E-state index is 13.2. The van der Waals surface area contributed by atoms with Gasteiger partial charge in [0.15, 0.2) is 35.6 Å². The smallest absolute Gasteiger partial charge is 0.358 e. The standard InChI is InChI=1S/C38H56N6O4S2Si2/c1-10-47-35(45)32-30(18-14-22-48-52(8,9)38(2,3)4)50-36(39-32)43-21-13-15-27-31(26-19-20-26)33(41-42-34(27)43)40-37-44(25-46-23-24-51(5,6)7)28-16-11-12-17-29(28)49-37/h11-12,16-17,26H,10,13-15,18-25H2,1-9H3/b40-37-. The normalized spacial score (nSPS) is 15.8. The van der Waals surface area contributed by atoms with Crippen molar-refractivity contribution in [3.8, 4) is 0 Å². The van der Waals surface area contributed by atoms with Gasteiger partial charge in [-0.1, -0.05) is 63.9 Å². The summed E-state index contributed by atoms with van der Waals surface area (Å²) in [4.78, 5) is 27.3. The van der Waals surface area contributed by atoms with Gasteiger partial charge < -0.3 is 18.8 Å². The summed E-state index contributed by atoms with van der Waals surface area (Å²) in [6.45, 7) is 23.2. The van der Waals surface area contributed by atoms with Gasteiger partial charge in [-0.25, -0.2) is 9.78 Å². The minimum absolute atomic E-state index is 0.149. The lowest BCUT2D eigenvalue weighted by Crippen LogP contribution is -2.41. The van der Waals surface area contributed by atoms with Crippen LogP contribution in [0.2, 0.25) is 43.8 Å². The molecule has 14 heteroatoms. The number of fused-ring (bicyclic) bond motifs is 2. The second kappa shape index (κ2) is 15.9. The van der Waals surface area contributed by atoms with Crippen LogP contribution in [-0.2, 0) is 33.5 Å². The van der Waals surface area contributed by atoms with Gasteiger partial charge in [-0.2, -0.15) is 4.99 Å². The van der Waals surface area contributed by atoms with Crippen LogP contribution in [0.15, 0.2) is 29.3 Å². The number of hydrogen-bond acceptors (Lipinski definition) is 11. The van der Waals surface area contributed by atoms with E-state index in [1.54, 1.807) is 22.7 Å². The summed E-state index contributed by atoms with van der Waals surface area (Å²) < 4.78 is 21.5. The predicted molar refractivity (Wildman–Crippen MR) is 218 cm³/mol. The van der Waals surface area contributed by atoms with Gasteiger partial charge in [-0.3, -0.25) is 4.57 Å². The van der Waals surface area contributed by atoms with E-state index < -0.39 is 16.4 Å². The summed E-state index contributed by atoms with van der Waals surface area (Å²) in [5.74, 6) is 1.59. The molecule has 0 bridgehead atoms. The van der Waals surface area contributed by atoms with Crippen LogP contribution in [0.4, 0.5) is 16.8 Å². The molecule has 10 nitrogen and oxygen atoms in total. The summed E-state index contributed by atoms with van der Waals surface area (Å²) in [6.07, 6.45) is 5.63. The van der Waals surface area contributed by atoms with Crippen molar-refractivity contribution in [3.05, 3.63) is 50.8 Å². The molecule has 0 amide bonds. The molecule has 1 fully saturated rings. The van der Waals surface area contributed by atoms with Crippen molar-refractivity contribution in [2.75, 3.05) is 31.3 Å². The molecule has 0 unspecified atom stereocenters. The third-order valence-corrected chi connectivity index (χ3v) is 18.8. The number of benzene rings is 1. The fourth-order valence-electron chi connectivity index (χ4n) is 6.13. The van der Waals surface area contributed by atoms with E-state index in [1.165, 1.54) is 15.8 Å². The zero-order chi connectivity index (χ0) is 37.3. The van der Waals surface area contributed by atoms with Crippen molar-refractivity contribution >= 4 is 72.0 Å². The maximum Gasteiger partial charge on any atom is 0.358 e. The summed E-state index contributed by atoms with van der Waals surface area (Å²) in [7, 11) is -3.06. The van der Waals surface area contributed by atoms with E-state index in [-0.39, 0.29) is 11.0 Å². The number of ether oxygens (including phenoxy) is 2. The molecule has 4 heterocycles. The average Bonchev–Trinajstić information content (AvgIpc) is 3.73. The van der Waals surface area contributed by atoms with Crippen LogP contribution in [0.5, 0.6) is 0 Å². The second-order valence-corrected chi connectivity index (χ2v) is 29.2. The van der Waals surface area contributed by atoms with Crippen molar-refractivity contribution < 1.29 is 18.7 Å². The summed E-state index contributed by atoms with van der Waals surface area (Å²) >= 11 is 3.23. The van der Waals surface area contributed by atoms with Crippen LogP contribution < -0.4 is 9.70 Å². The van der Waals surface area contributed by atoms with Crippen LogP contribution in [0.3, 0.4) is 0 Å².